The molecule has 0 aromatic carbocycles. The van der Waals surface area contributed by atoms with Crippen molar-refractivity contribution >= 4 is 16.2 Å². The minimum absolute atomic E-state index is 0.134. The highest BCUT2D eigenvalue weighted by Gasteiger charge is 2.51. The van der Waals surface area contributed by atoms with Crippen molar-refractivity contribution in [3.63, 3.8) is 0 Å². The number of likely N-dealkylation sites (N-methyl/N-ethyl adjacent to an activating group) is 2. The number of nitrogens with zero attached hydrogens (tertiary/aromatic N) is 2. The lowest BCUT2D eigenvalue weighted by atomic mass is 10.4. The van der Waals surface area contributed by atoms with Crippen LogP contribution < -0.4 is 9.44 Å². The van der Waals surface area contributed by atoms with E-state index in [0.717, 1.165) is 0 Å². The van der Waals surface area contributed by atoms with Gasteiger partial charge in [-0.15, -0.1) is 0 Å². The van der Waals surface area contributed by atoms with Crippen molar-refractivity contribution in [1.82, 2.24) is 19.2 Å². The van der Waals surface area contributed by atoms with Crippen LogP contribution in [0.2, 0.25) is 0 Å². The van der Waals surface area contributed by atoms with E-state index in [1.54, 1.807) is 0 Å². The van der Waals surface area contributed by atoms with E-state index in [2.05, 4.69) is 9.44 Å². The molecule has 0 spiro atoms. The molecular formula is C7H14N4O3S. The maximum absolute atomic E-state index is 11.8. The molecule has 0 aliphatic carbocycles. The zero-order chi connectivity index (χ0) is 11.2. The summed E-state index contributed by atoms with van der Waals surface area (Å²) in [5, 5.41) is 0. The number of fused-ring (bicyclic) bond motifs is 1. The molecule has 0 saturated carbocycles. The number of carbonyl (C=O) groups excluding carboxylic acids is 1. The van der Waals surface area contributed by atoms with E-state index in [0.29, 0.717) is 13.1 Å². The van der Waals surface area contributed by atoms with Crippen molar-refractivity contribution in [1.29, 1.82) is 0 Å². The molecule has 8 heteroatoms. The molecule has 0 radical (unpaired) electrons. The summed E-state index contributed by atoms with van der Waals surface area (Å²) in [5.74, 6) is 0. The summed E-state index contributed by atoms with van der Waals surface area (Å²) in [4.78, 5) is 14.8. The number of rotatable bonds is 2. The second kappa shape index (κ2) is 3.32. The molecule has 2 aliphatic rings. The van der Waals surface area contributed by atoms with Gasteiger partial charge in [0.05, 0.1) is 0 Å². The van der Waals surface area contributed by atoms with Crippen molar-refractivity contribution in [2.45, 2.75) is 26.2 Å². The predicted molar refractivity (Wildman–Crippen MR) is 52.9 cm³/mol. The standard InChI is InChI=1S/C7H14N4O3S/c1-3-10-5-6(9-15(13,14)8-5)11(4-2)7(10)12/h5-6,8-9H,3-4H2,1-2H3/t5-,6-/m0/s1. The van der Waals surface area contributed by atoms with Crippen molar-refractivity contribution in [2.75, 3.05) is 13.1 Å². The Bertz CT molecular complexity index is 354. The van der Waals surface area contributed by atoms with Crippen LogP contribution in [-0.4, -0.2) is 49.7 Å². The number of amides is 2. The van der Waals surface area contributed by atoms with E-state index >= 15 is 0 Å². The van der Waals surface area contributed by atoms with Crippen LogP contribution in [0, 0.1) is 0 Å². The van der Waals surface area contributed by atoms with Gasteiger partial charge >= 0.3 is 6.03 Å². The Balaban J connectivity index is 2.32. The summed E-state index contributed by atoms with van der Waals surface area (Å²) >= 11 is 0. The van der Waals surface area contributed by atoms with Crippen molar-refractivity contribution < 1.29 is 13.2 Å². The predicted octanol–water partition coefficient (Wildman–Crippen LogP) is -1.15. The largest absolute Gasteiger partial charge is 0.322 e. The first kappa shape index (κ1) is 10.7. The third-order valence-corrected chi connectivity index (χ3v) is 3.80. The Morgan fingerprint density at radius 1 is 1.13 bits per heavy atom. The third-order valence-electron chi connectivity index (χ3n) is 2.70. The van der Waals surface area contributed by atoms with E-state index in [-0.39, 0.29) is 6.03 Å². The average molecular weight is 234 g/mol. The van der Waals surface area contributed by atoms with Gasteiger partial charge in [0.15, 0.2) is 0 Å². The summed E-state index contributed by atoms with van der Waals surface area (Å²) in [6, 6.07) is -0.134. The fourth-order valence-electron chi connectivity index (χ4n) is 2.02. The molecule has 2 amide bonds. The Labute approximate surface area is 88.6 Å². The number of hydrogen-bond acceptors (Lipinski definition) is 3. The first-order valence-corrected chi connectivity index (χ1v) is 6.35. The van der Waals surface area contributed by atoms with Crippen molar-refractivity contribution in [3.05, 3.63) is 0 Å². The Kier molecular flexibility index (Phi) is 2.36. The van der Waals surface area contributed by atoms with Crippen molar-refractivity contribution in [3.8, 4) is 0 Å². The molecule has 0 aromatic rings. The maximum Gasteiger partial charge on any atom is 0.322 e. The van der Waals surface area contributed by atoms with Gasteiger partial charge in [-0.2, -0.15) is 17.9 Å². The van der Waals surface area contributed by atoms with E-state index in [9.17, 15) is 13.2 Å². The Morgan fingerprint density at radius 2 is 1.53 bits per heavy atom. The maximum atomic E-state index is 11.8. The van der Waals surface area contributed by atoms with E-state index in [1.165, 1.54) is 9.80 Å². The molecule has 2 heterocycles. The minimum Gasteiger partial charge on any atom is -0.305 e. The van der Waals surface area contributed by atoms with Crippen LogP contribution in [0.4, 0.5) is 4.79 Å². The van der Waals surface area contributed by atoms with E-state index in [1.807, 2.05) is 13.8 Å². The van der Waals surface area contributed by atoms with Gasteiger partial charge in [-0.3, -0.25) is 0 Å². The molecule has 0 aromatic heterocycles. The number of carbonyl (C=O) groups is 1. The summed E-state index contributed by atoms with van der Waals surface area (Å²) < 4.78 is 27.4. The normalized spacial score (nSPS) is 33.6. The zero-order valence-electron chi connectivity index (χ0n) is 8.60. The summed E-state index contributed by atoms with van der Waals surface area (Å²) in [7, 11) is -3.45. The molecule has 2 N–H and O–H groups in total. The summed E-state index contributed by atoms with van der Waals surface area (Å²) in [6.07, 6.45) is -0.958. The highest BCUT2D eigenvalue weighted by atomic mass is 32.2. The van der Waals surface area contributed by atoms with Crippen LogP contribution in [0.25, 0.3) is 0 Å². The second-order valence-corrected chi connectivity index (χ2v) is 4.96. The SMILES string of the molecule is CCN1C(=O)N(CC)[C@@H]2NS(=O)(=O)N[C@H]21. The molecule has 2 fully saturated rings. The smallest absolute Gasteiger partial charge is 0.305 e. The molecule has 0 bridgehead atoms. The molecule has 2 aliphatic heterocycles. The van der Waals surface area contributed by atoms with E-state index in [4.69, 9.17) is 0 Å². The van der Waals surface area contributed by atoms with Gasteiger partial charge in [0.1, 0.15) is 12.3 Å². The van der Waals surface area contributed by atoms with Gasteiger partial charge in [-0.05, 0) is 13.8 Å². The fourth-order valence-corrected chi connectivity index (χ4v) is 3.23. The molecule has 15 heavy (non-hydrogen) atoms. The monoisotopic (exact) mass is 234 g/mol. The first-order chi connectivity index (χ1) is 7.00. The molecule has 86 valence electrons. The minimum atomic E-state index is -3.45. The second-order valence-electron chi connectivity index (χ2n) is 3.48. The molecule has 0 unspecified atom stereocenters. The Hall–Kier alpha value is -0.860. The average Bonchev–Trinajstić information content (AvgIpc) is 2.55. The number of urea groups is 1. The number of nitrogens with one attached hydrogen (secondary N) is 2. The van der Waals surface area contributed by atoms with Gasteiger partial charge < -0.3 is 9.80 Å². The van der Waals surface area contributed by atoms with Gasteiger partial charge in [-0.1, -0.05) is 0 Å². The van der Waals surface area contributed by atoms with Crippen LogP contribution in [0.15, 0.2) is 0 Å². The molecule has 2 saturated heterocycles. The first-order valence-electron chi connectivity index (χ1n) is 4.87. The fraction of sp³-hybridized carbons (Fsp3) is 0.857. The van der Waals surface area contributed by atoms with Gasteiger partial charge in [0.2, 0.25) is 0 Å². The van der Waals surface area contributed by atoms with Crippen LogP contribution >= 0.6 is 0 Å². The Morgan fingerprint density at radius 3 is 1.87 bits per heavy atom. The van der Waals surface area contributed by atoms with Crippen molar-refractivity contribution in [2.24, 2.45) is 0 Å². The topological polar surface area (TPSA) is 81.8 Å². The molecule has 7 nitrogen and oxygen atoms in total. The lowest BCUT2D eigenvalue weighted by molar-refractivity contribution is 0.186. The third kappa shape index (κ3) is 1.48. The lowest BCUT2D eigenvalue weighted by Gasteiger charge is -2.19. The zero-order valence-corrected chi connectivity index (χ0v) is 9.41. The molecule has 2 atom stereocenters. The quantitative estimate of drug-likeness (QED) is 0.633. The highest BCUT2D eigenvalue weighted by Crippen LogP contribution is 2.23. The number of hydrogen-bond donors (Lipinski definition) is 2. The summed E-state index contributed by atoms with van der Waals surface area (Å²) in [6.45, 7) is 4.61. The van der Waals surface area contributed by atoms with Gasteiger partial charge in [-0.25, -0.2) is 4.79 Å². The molecule has 2 rings (SSSR count). The van der Waals surface area contributed by atoms with Gasteiger partial charge in [0.25, 0.3) is 10.2 Å². The van der Waals surface area contributed by atoms with Crippen LogP contribution in [0.3, 0.4) is 0 Å². The van der Waals surface area contributed by atoms with Crippen LogP contribution in [0.1, 0.15) is 13.8 Å². The van der Waals surface area contributed by atoms with Crippen LogP contribution in [-0.2, 0) is 10.2 Å². The summed E-state index contributed by atoms with van der Waals surface area (Å²) in [5.41, 5.74) is 0. The molecular weight excluding hydrogens is 220 g/mol. The van der Waals surface area contributed by atoms with E-state index < -0.39 is 22.5 Å². The van der Waals surface area contributed by atoms with Gasteiger partial charge in [0, 0.05) is 13.1 Å². The lowest BCUT2D eigenvalue weighted by Crippen LogP contribution is -2.43. The van der Waals surface area contributed by atoms with Crippen LogP contribution in [0.5, 0.6) is 0 Å². The highest BCUT2D eigenvalue weighted by molar-refractivity contribution is 7.87.